The van der Waals surface area contributed by atoms with Crippen molar-refractivity contribution < 1.29 is 28.1 Å². The molecule has 3 aromatic carbocycles. The number of carbonyl (C=O) groups excluding carboxylic acids is 1. The normalized spacial score (nSPS) is 21.0. The summed E-state index contributed by atoms with van der Waals surface area (Å²) < 4.78 is 32.1. The molecule has 0 amide bonds. The molecule has 0 spiro atoms. The smallest absolute Gasteiger partial charge is 0.360 e. The Morgan fingerprint density at radius 3 is 2.14 bits per heavy atom. The van der Waals surface area contributed by atoms with E-state index in [-0.39, 0.29) is 47.9 Å². The number of nitro groups is 1. The average molecular weight is 715 g/mol. The monoisotopic (exact) mass is 714 g/mol. The van der Waals surface area contributed by atoms with Gasteiger partial charge in [0.25, 0.3) is 5.69 Å². The van der Waals surface area contributed by atoms with Crippen molar-refractivity contribution in [2.24, 2.45) is 5.41 Å². The molecule has 2 fully saturated rings. The van der Waals surface area contributed by atoms with E-state index in [1.807, 2.05) is 26.0 Å². The Bertz CT molecular complexity index is 1780. The molecule has 3 aliphatic heterocycles. The highest BCUT2D eigenvalue weighted by Crippen LogP contribution is 2.66. The van der Waals surface area contributed by atoms with Gasteiger partial charge in [-0.05, 0) is 37.0 Å². The predicted octanol–water partition coefficient (Wildman–Crippen LogP) is 7.39. The second-order valence-electron chi connectivity index (χ2n) is 14.3. The fourth-order valence-corrected chi connectivity index (χ4v) is 9.61. The van der Waals surface area contributed by atoms with Gasteiger partial charge in [0.15, 0.2) is 0 Å². The van der Waals surface area contributed by atoms with E-state index < -0.39 is 24.4 Å². The average Bonchev–Trinajstić information content (AvgIpc) is 3.13. The van der Waals surface area contributed by atoms with Crippen LogP contribution in [0.3, 0.4) is 0 Å². The van der Waals surface area contributed by atoms with Gasteiger partial charge >= 0.3 is 13.6 Å². The number of esters is 1. The van der Waals surface area contributed by atoms with Gasteiger partial charge in [-0.3, -0.25) is 19.6 Å². The molecule has 1 N–H and O–H groups in total. The minimum absolute atomic E-state index is 0.141. The number of rotatable bonds is 11. The van der Waals surface area contributed by atoms with E-state index in [1.165, 1.54) is 23.3 Å². The molecular formula is C39H47N4O7P. The van der Waals surface area contributed by atoms with Crippen LogP contribution >= 0.6 is 7.60 Å². The Labute approximate surface area is 300 Å². The maximum atomic E-state index is 14.4. The number of ether oxygens (including phenoxy) is 1. The summed E-state index contributed by atoms with van der Waals surface area (Å²) in [5, 5.41) is 15.2. The van der Waals surface area contributed by atoms with Gasteiger partial charge in [-0.15, -0.1) is 0 Å². The van der Waals surface area contributed by atoms with E-state index in [1.54, 1.807) is 26.0 Å². The van der Waals surface area contributed by atoms with Crippen LogP contribution in [0.4, 0.5) is 5.69 Å². The highest BCUT2D eigenvalue weighted by atomic mass is 31.2. The lowest BCUT2D eigenvalue weighted by Crippen LogP contribution is -2.48. The van der Waals surface area contributed by atoms with Crippen LogP contribution in [0, 0.1) is 15.5 Å². The summed E-state index contributed by atoms with van der Waals surface area (Å²) in [7, 11) is -3.90. The topological polar surface area (TPSA) is 123 Å². The van der Waals surface area contributed by atoms with Crippen molar-refractivity contribution in [1.82, 2.24) is 15.1 Å². The van der Waals surface area contributed by atoms with Crippen LogP contribution in [0.1, 0.15) is 62.8 Å². The number of benzene rings is 3. The quantitative estimate of drug-likeness (QED) is 0.0707. The molecule has 51 heavy (non-hydrogen) atoms. The van der Waals surface area contributed by atoms with Crippen LogP contribution in [-0.4, -0.2) is 73.2 Å². The van der Waals surface area contributed by atoms with E-state index in [4.69, 9.17) is 13.8 Å². The Morgan fingerprint density at radius 2 is 1.55 bits per heavy atom. The fraction of sp³-hybridized carbons (Fsp3) is 0.410. The number of allylic oxidation sites excluding steroid dienone is 3. The number of piperazine rings is 1. The number of hydrogen-bond donors (Lipinski definition) is 1. The molecule has 0 saturated carbocycles. The van der Waals surface area contributed by atoms with Crippen molar-refractivity contribution in [3.63, 3.8) is 0 Å². The lowest BCUT2D eigenvalue weighted by Gasteiger charge is -2.40. The number of hydrogen-bond acceptors (Lipinski definition) is 10. The van der Waals surface area contributed by atoms with Gasteiger partial charge in [0.2, 0.25) is 0 Å². The second-order valence-corrected chi connectivity index (χ2v) is 16.3. The first-order valence-electron chi connectivity index (χ1n) is 17.5. The number of carbonyl (C=O) groups is 1. The van der Waals surface area contributed by atoms with Gasteiger partial charge in [0.05, 0.1) is 47.6 Å². The maximum absolute atomic E-state index is 14.4. The highest BCUT2D eigenvalue weighted by Gasteiger charge is 2.48. The summed E-state index contributed by atoms with van der Waals surface area (Å²) in [6, 6.07) is 27.4. The van der Waals surface area contributed by atoms with Crippen molar-refractivity contribution >= 4 is 19.3 Å². The van der Waals surface area contributed by atoms with Crippen molar-refractivity contribution in [2.45, 2.75) is 46.1 Å². The number of nitrogens with one attached hydrogen (secondary N) is 1. The summed E-state index contributed by atoms with van der Waals surface area (Å²) in [6.07, 6.45) is 0.634. The van der Waals surface area contributed by atoms with Crippen LogP contribution in [0.5, 0.6) is 0 Å². The molecule has 3 heterocycles. The lowest BCUT2D eigenvalue weighted by atomic mass is 9.86. The first-order valence-corrected chi connectivity index (χ1v) is 19.1. The zero-order valence-electron chi connectivity index (χ0n) is 29.7. The third-order valence-electron chi connectivity index (χ3n) is 9.76. The van der Waals surface area contributed by atoms with E-state index in [0.29, 0.717) is 23.4 Å². The first kappa shape index (κ1) is 36.7. The largest absolute Gasteiger partial charge is 0.462 e. The molecular weight excluding hydrogens is 667 g/mol. The van der Waals surface area contributed by atoms with Gasteiger partial charge in [0.1, 0.15) is 0 Å². The lowest BCUT2D eigenvalue weighted by molar-refractivity contribution is -0.384. The standard InChI is InChI=1S/C39H47N4O7P/c1-28-34(35(32-17-11-18-33(25-32)43(45)46)37(29(2)40-28)51(47)49-26-39(3,4)27-50-51)38(44)48-24-12-19-41-20-22-42(23-21-41)36(30-13-7-5-8-14-30)31-15-9-6-10-16-31/h5-11,13-18,25,35-36,40H,12,19-24,26-27H2,1-4H3. The number of nitro benzene ring substituents is 1. The Hall–Kier alpha value is -4.12. The van der Waals surface area contributed by atoms with Crippen LogP contribution in [0.15, 0.2) is 107 Å². The second kappa shape index (κ2) is 15.6. The predicted molar refractivity (Wildman–Crippen MR) is 196 cm³/mol. The minimum atomic E-state index is -3.90. The van der Waals surface area contributed by atoms with Crippen LogP contribution in [0.2, 0.25) is 0 Å². The van der Waals surface area contributed by atoms with Crippen molar-refractivity contribution in [2.75, 3.05) is 52.5 Å². The van der Waals surface area contributed by atoms with E-state index in [0.717, 1.165) is 32.7 Å². The molecule has 1 unspecified atom stereocenters. The maximum Gasteiger partial charge on any atom is 0.360 e. The minimum Gasteiger partial charge on any atom is -0.462 e. The Morgan fingerprint density at radius 1 is 0.941 bits per heavy atom. The van der Waals surface area contributed by atoms with Gasteiger partial charge in [-0.25, -0.2) is 4.79 Å². The number of non-ortho nitro benzene ring substituents is 1. The van der Waals surface area contributed by atoms with Gasteiger partial charge < -0.3 is 24.0 Å². The molecule has 0 bridgehead atoms. The summed E-state index contributed by atoms with van der Waals surface area (Å²) in [4.78, 5) is 30.1. The van der Waals surface area contributed by atoms with Crippen LogP contribution < -0.4 is 5.32 Å². The molecule has 3 aliphatic rings. The molecule has 270 valence electrons. The van der Waals surface area contributed by atoms with Gasteiger partial charge in [0, 0.05) is 61.7 Å². The van der Waals surface area contributed by atoms with Crippen LogP contribution in [-0.2, 0) is 23.1 Å². The van der Waals surface area contributed by atoms with Gasteiger partial charge in [-0.2, -0.15) is 0 Å². The fourth-order valence-electron chi connectivity index (χ4n) is 7.16. The summed E-state index contributed by atoms with van der Waals surface area (Å²) in [5.41, 5.74) is 3.75. The molecule has 2 saturated heterocycles. The third-order valence-corrected chi connectivity index (χ3v) is 11.9. The number of nitrogens with zero attached hydrogens (tertiary/aromatic N) is 3. The van der Waals surface area contributed by atoms with Crippen molar-refractivity contribution in [1.29, 1.82) is 0 Å². The highest BCUT2D eigenvalue weighted by molar-refractivity contribution is 7.58. The molecule has 6 rings (SSSR count). The molecule has 11 nitrogen and oxygen atoms in total. The van der Waals surface area contributed by atoms with E-state index in [2.05, 4.69) is 63.6 Å². The summed E-state index contributed by atoms with van der Waals surface area (Å²) in [5.74, 6) is -1.51. The van der Waals surface area contributed by atoms with Crippen molar-refractivity contribution in [3.8, 4) is 0 Å². The molecule has 3 aromatic rings. The van der Waals surface area contributed by atoms with E-state index in [9.17, 15) is 19.5 Å². The third kappa shape index (κ3) is 8.35. The summed E-state index contributed by atoms with van der Waals surface area (Å²) in [6.45, 7) is 12.4. The Kier molecular flexibility index (Phi) is 11.2. The van der Waals surface area contributed by atoms with E-state index >= 15 is 0 Å². The number of dihydropyridines is 1. The van der Waals surface area contributed by atoms with Gasteiger partial charge in [-0.1, -0.05) is 86.6 Å². The zero-order chi connectivity index (χ0) is 36.2. The van der Waals surface area contributed by atoms with Crippen LogP contribution in [0.25, 0.3) is 0 Å². The molecule has 0 aromatic heterocycles. The SMILES string of the molecule is CC1=C(C(=O)OCCCN2CCN(C(c3ccccc3)c3ccccc3)CC2)C(c2cccc([N+](=O)[O-])c2)C(P2(=O)OCC(C)(C)CO2)=C(C)N1. The summed E-state index contributed by atoms with van der Waals surface area (Å²) >= 11 is 0. The van der Waals surface area contributed by atoms with Crippen molar-refractivity contribution in [3.05, 3.63) is 134 Å². The Balaban J connectivity index is 1.12. The molecule has 0 radical (unpaired) electrons. The molecule has 1 atom stereocenters. The molecule has 0 aliphatic carbocycles. The first-order chi connectivity index (χ1) is 24.5. The molecule has 12 heteroatoms. The zero-order valence-corrected chi connectivity index (χ0v) is 30.6.